The first-order valence-corrected chi connectivity index (χ1v) is 6.15. The molecule has 0 aromatic heterocycles. The molecule has 3 nitrogen and oxygen atoms in total. The fraction of sp³-hybridized carbons (Fsp3) is 0.923. The van der Waals surface area contributed by atoms with Crippen LogP contribution in [-0.2, 0) is 14.3 Å². The van der Waals surface area contributed by atoms with E-state index in [1.54, 1.807) is 0 Å². The zero-order chi connectivity index (χ0) is 12.0. The monoisotopic (exact) mass is 226 g/mol. The van der Waals surface area contributed by atoms with Crippen molar-refractivity contribution in [3.63, 3.8) is 0 Å². The number of ether oxygens (including phenoxy) is 2. The molecule has 2 aliphatic rings. The van der Waals surface area contributed by atoms with E-state index in [4.69, 9.17) is 9.47 Å². The Morgan fingerprint density at radius 2 is 2.19 bits per heavy atom. The van der Waals surface area contributed by atoms with Crippen molar-refractivity contribution in [1.82, 2.24) is 0 Å². The van der Waals surface area contributed by atoms with Crippen LogP contribution in [0.4, 0.5) is 0 Å². The van der Waals surface area contributed by atoms with Crippen LogP contribution in [0.1, 0.15) is 47.0 Å². The van der Waals surface area contributed by atoms with E-state index < -0.39 is 0 Å². The fourth-order valence-electron chi connectivity index (χ4n) is 3.33. The predicted molar refractivity (Wildman–Crippen MR) is 61.0 cm³/mol. The minimum Gasteiger partial charge on any atom is -0.463 e. The van der Waals surface area contributed by atoms with Crippen molar-refractivity contribution in [3.05, 3.63) is 0 Å². The molecule has 0 N–H and O–H groups in total. The first-order chi connectivity index (χ1) is 7.33. The van der Waals surface area contributed by atoms with Crippen LogP contribution in [0.2, 0.25) is 0 Å². The number of esters is 1. The van der Waals surface area contributed by atoms with E-state index in [1.165, 1.54) is 6.92 Å². The highest BCUT2D eigenvalue weighted by Crippen LogP contribution is 2.54. The van der Waals surface area contributed by atoms with E-state index in [2.05, 4.69) is 20.8 Å². The van der Waals surface area contributed by atoms with Gasteiger partial charge in [-0.1, -0.05) is 20.8 Å². The maximum Gasteiger partial charge on any atom is 0.302 e. The molecule has 3 heteroatoms. The standard InChI is InChI=1S/C13H22O3/c1-9(14)15-8-13-6-5-10(16-13)7-11(13)12(2,3)4/h10-11H,5-8H2,1-4H3. The zero-order valence-electron chi connectivity index (χ0n) is 10.7. The first kappa shape index (κ1) is 11.9. The molecule has 0 aliphatic carbocycles. The molecule has 2 aliphatic heterocycles. The largest absolute Gasteiger partial charge is 0.463 e. The molecule has 2 bridgehead atoms. The van der Waals surface area contributed by atoms with Crippen molar-refractivity contribution in [2.75, 3.05) is 6.61 Å². The number of rotatable bonds is 2. The molecule has 2 heterocycles. The minimum absolute atomic E-state index is 0.200. The molecule has 2 rings (SSSR count). The van der Waals surface area contributed by atoms with Crippen molar-refractivity contribution < 1.29 is 14.3 Å². The summed E-state index contributed by atoms with van der Waals surface area (Å²) in [6.45, 7) is 8.64. The highest BCUT2D eigenvalue weighted by molar-refractivity contribution is 5.66. The third kappa shape index (κ3) is 1.97. The maximum absolute atomic E-state index is 11.0. The molecule has 3 atom stereocenters. The third-order valence-corrected chi connectivity index (χ3v) is 3.99. The van der Waals surface area contributed by atoms with Crippen molar-refractivity contribution in [2.24, 2.45) is 11.3 Å². The van der Waals surface area contributed by atoms with E-state index >= 15 is 0 Å². The zero-order valence-corrected chi connectivity index (χ0v) is 10.7. The summed E-state index contributed by atoms with van der Waals surface area (Å²) in [5.41, 5.74) is 0.0178. The molecule has 2 saturated heterocycles. The highest BCUT2D eigenvalue weighted by Gasteiger charge is 2.57. The lowest BCUT2D eigenvalue weighted by molar-refractivity contribution is -0.153. The van der Waals surface area contributed by atoms with Crippen molar-refractivity contribution >= 4 is 5.97 Å². The van der Waals surface area contributed by atoms with Crippen LogP contribution in [0.5, 0.6) is 0 Å². The summed E-state index contributed by atoms with van der Waals surface area (Å²) in [6.07, 6.45) is 3.66. The van der Waals surface area contributed by atoms with E-state index in [0.29, 0.717) is 18.6 Å². The van der Waals surface area contributed by atoms with Gasteiger partial charge in [-0.15, -0.1) is 0 Å². The van der Waals surface area contributed by atoms with E-state index in [1.807, 2.05) is 0 Å². The van der Waals surface area contributed by atoms with Crippen LogP contribution in [-0.4, -0.2) is 24.3 Å². The summed E-state index contributed by atoms with van der Waals surface area (Å²) >= 11 is 0. The molecule has 0 amide bonds. The molecule has 0 aromatic carbocycles. The molecular weight excluding hydrogens is 204 g/mol. The first-order valence-electron chi connectivity index (χ1n) is 6.15. The SMILES string of the molecule is CC(=O)OCC12CCC(CC1C(C)(C)C)O2. The van der Waals surface area contributed by atoms with Crippen LogP contribution in [0.3, 0.4) is 0 Å². The minimum atomic E-state index is -0.207. The van der Waals surface area contributed by atoms with Gasteiger partial charge in [-0.05, 0) is 30.6 Å². The van der Waals surface area contributed by atoms with Gasteiger partial charge in [-0.25, -0.2) is 0 Å². The van der Waals surface area contributed by atoms with Crippen LogP contribution < -0.4 is 0 Å². The van der Waals surface area contributed by atoms with Gasteiger partial charge >= 0.3 is 5.97 Å². The summed E-state index contributed by atoms with van der Waals surface area (Å²) in [5, 5.41) is 0. The summed E-state index contributed by atoms with van der Waals surface area (Å²) in [7, 11) is 0. The Hall–Kier alpha value is -0.570. The summed E-state index contributed by atoms with van der Waals surface area (Å²) in [6, 6.07) is 0. The van der Waals surface area contributed by atoms with Gasteiger partial charge in [-0.2, -0.15) is 0 Å². The normalized spacial score (nSPS) is 37.8. The summed E-state index contributed by atoms with van der Waals surface area (Å²) < 4.78 is 11.3. The van der Waals surface area contributed by atoms with Gasteiger partial charge in [0.1, 0.15) is 12.2 Å². The lowest BCUT2D eigenvalue weighted by atomic mass is 9.66. The molecule has 16 heavy (non-hydrogen) atoms. The Kier molecular flexibility index (Phi) is 2.77. The average molecular weight is 226 g/mol. The topological polar surface area (TPSA) is 35.5 Å². The molecular formula is C13H22O3. The number of carbonyl (C=O) groups is 1. The van der Waals surface area contributed by atoms with Gasteiger partial charge in [0.05, 0.1) is 6.10 Å². The third-order valence-electron chi connectivity index (χ3n) is 3.99. The average Bonchev–Trinajstić information content (AvgIpc) is 2.71. The number of fused-ring (bicyclic) bond motifs is 2. The Morgan fingerprint density at radius 1 is 1.50 bits per heavy atom. The summed E-state index contributed by atoms with van der Waals surface area (Å²) in [5.74, 6) is 0.291. The molecule has 3 unspecified atom stereocenters. The predicted octanol–water partition coefficient (Wildman–Crippen LogP) is 2.53. The molecule has 0 saturated carbocycles. The lowest BCUT2D eigenvalue weighted by Crippen LogP contribution is -2.45. The van der Waals surface area contributed by atoms with Crippen molar-refractivity contribution in [3.8, 4) is 0 Å². The Labute approximate surface area is 97.5 Å². The van der Waals surface area contributed by atoms with Gasteiger partial charge in [0, 0.05) is 6.92 Å². The van der Waals surface area contributed by atoms with Gasteiger partial charge in [0.25, 0.3) is 0 Å². The second-order valence-corrected chi connectivity index (χ2v) is 6.28. The second kappa shape index (κ2) is 3.73. The van der Waals surface area contributed by atoms with E-state index in [-0.39, 0.29) is 17.0 Å². The molecule has 0 spiro atoms. The van der Waals surface area contributed by atoms with E-state index in [9.17, 15) is 4.79 Å². The van der Waals surface area contributed by atoms with Gasteiger partial charge in [0.15, 0.2) is 0 Å². The molecule has 92 valence electrons. The second-order valence-electron chi connectivity index (χ2n) is 6.28. The Balaban J connectivity index is 2.12. The van der Waals surface area contributed by atoms with E-state index in [0.717, 1.165) is 19.3 Å². The molecule has 2 fully saturated rings. The van der Waals surface area contributed by atoms with Gasteiger partial charge in [-0.3, -0.25) is 4.79 Å². The maximum atomic E-state index is 11.0. The summed E-state index contributed by atoms with van der Waals surface area (Å²) in [4.78, 5) is 11.0. The number of carbonyl (C=O) groups excluding carboxylic acids is 1. The van der Waals surface area contributed by atoms with Crippen molar-refractivity contribution in [2.45, 2.75) is 58.7 Å². The lowest BCUT2D eigenvalue weighted by Gasteiger charge is -2.40. The van der Waals surface area contributed by atoms with Gasteiger partial charge in [0.2, 0.25) is 0 Å². The smallest absolute Gasteiger partial charge is 0.302 e. The van der Waals surface area contributed by atoms with Gasteiger partial charge < -0.3 is 9.47 Å². The quantitative estimate of drug-likeness (QED) is 0.679. The van der Waals surface area contributed by atoms with Crippen LogP contribution in [0, 0.1) is 11.3 Å². The highest BCUT2D eigenvalue weighted by atomic mass is 16.6. The van der Waals surface area contributed by atoms with Crippen LogP contribution in [0.25, 0.3) is 0 Å². The fourth-order valence-corrected chi connectivity index (χ4v) is 3.33. The molecule has 0 aromatic rings. The Morgan fingerprint density at radius 3 is 2.69 bits per heavy atom. The van der Waals surface area contributed by atoms with Crippen LogP contribution >= 0.6 is 0 Å². The number of hydrogen-bond donors (Lipinski definition) is 0. The number of hydrogen-bond acceptors (Lipinski definition) is 3. The van der Waals surface area contributed by atoms with Crippen molar-refractivity contribution in [1.29, 1.82) is 0 Å². The van der Waals surface area contributed by atoms with Crippen LogP contribution in [0.15, 0.2) is 0 Å². The Bertz CT molecular complexity index is 292. The molecule has 0 radical (unpaired) electrons.